The zero-order chi connectivity index (χ0) is 17.4. The summed E-state index contributed by atoms with van der Waals surface area (Å²) in [6, 6.07) is 6.92. The number of carbonyl (C=O) groups excluding carboxylic acids is 1. The van der Waals surface area contributed by atoms with E-state index < -0.39 is 0 Å². The Morgan fingerprint density at radius 3 is 2.80 bits per heavy atom. The molecule has 2 amide bonds. The minimum absolute atomic E-state index is 0.133. The van der Waals surface area contributed by atoms with Gasteiger partial charge in [0.1, 0.15) is 5.52 Å². The Kier molecular flexibility index (Phi) is 4.37. The van der Waals surface area contributed by atoms with Crippen LogP contribution < -0.4 is 10.6 Å². The van der Waals surface area contributed by atoms with Crippen LogP contribution in [0.4, 0.5) is 10.5 Å². The SMILES string of the molecule is CCc1nc2cc(NC(=O)NC3CC4CCCC(C3)N4C)ccc2o1. The smallest absolute Gasteiger partial charge is 0.319 e. The number of piperidine rings is 2. The summed E-state index contributed by atoms with van der Waals surface area (Å²) in [4.78, 5) is 19.3. The Labute approximate surface area is 148 Å². The molecule has 0 aliphatic carbocycles. The van der Waals surface area contributed by atoms with E-state index in [2.05, 4.69) is 27.6 Å². The van der Waals surface area contributed by atoms with Crippen LogP contribution in [0.2, 0.25) is 0 Å². The molecule has 0 radical (unpaired) electrons. The predicted molar refractivity (Wildman–Crippen MR) is 97.8 cm³/mol. The number of fused-ring (bicyclic) bond motifs is 3. The van der Waals surface area contributed by atoms with Gasteiger partial charge in [-0.2, -0.15) is 0 Å². The number of amides is 2. The highest BCUT2D eigenvalue weighted by Gasteiger charge is 2.36. The van der Waals surface area contributed by atoms with Gasteiger partial charge in [0.2, 0.25) is 0 Å². The zero-order valence-corrected chi connectivity index (χ0v) is 14.9. The first-order valence-corrected chi connectivity index (χ1v) is 9.31. The van der Waals surface area contributed by atoms with E-state index in [1.54, 1.807) is 0 Å². The minimum Gasteiger partial charge on any atom is -0.441 e. The average Bonchev–Trinajstić information content (AvgIpc) is 2.98. The summed E-state index contributed by atoms with van der Waals surface area (Å²) in [5.41, 5.74) is 2.28. The summed E-state index contributed by atoms with van der Waals surface area (Å²) in [5, 5.41) is 6.10. The lowest BCUT2D eigenvalue weighted by Gasteiger charge is -2.47. The Balaban J connectivity index is 1.39. The molecule has 3 heterocycles. The summed E-state index contributed by atoms with van der Waals surface area (Å²) in [6.07, 6.45) is 6.66. The molecule has 6 nitrogen and oxygen atoms in total. The highest BCUT2D eigenvalue weighted by Crippen LogP contribution is 2.32. The van der Waals surface area contributed by atoms with E-state index in [-0.39, 0.29) is 12.1 Å². The van der Waals surface area contributed by atoms with Crippen molar-refractivity contribution in [3.63, 3.8) is 0 Å². The van der Waals surface area contributed by atoms with E-state index in [0.29, 0.717) is 12.1 Å². The molecule has 2 atom stereocenters. The molecular formula is C19H26N4O2. The summed E-state index contributed by atoms with van der Waals surface area (Å²) < 4.78 is 5.61. The fourth-order valence-corrected chi connectivity index (χ4v) is 4.29. The first-order chi connectivity index (χ1) is 12.1. The van der Waals surface area contributed by atoms with Gasteiger partial charge in [-0.05, 0) is 50.9 Å². The predicted octanol–water partition coefficient (Wildman–Crippen LogP) is 3.53. The number of hydrogen-bond acceptors (Lipinski definition) is 4. The second kappa shape index (κ2) is 6.67. The number of urea groups is 1. The van der Waals surface area contributed by atoms with Crippen molar-refractivity contribution in [1.82, 2.24) is 15.2 Å². The molecule has 0 saturated carbocycles. The van der Waals surface area contributed by atoms with Crippen LogP contribution >= 0.6 is 0 Å². The van der Waals surface area contributed by atoms with Crippen LogP contribution in [0.25, 0.3) is 11.1 Å². The molecule has 2 saturated heterocycles. The maximum Gasteiger partial charge on any atom is 0.319 e. The van der Waals surface area contributed by atoms with Crippen LogP contribution in [-0.4, -0.2) is 41.1 Å². The molecule has 0 spiro atoms. The molecule has 2 aliphatic rings. The van der Waals surface area contributed by atoms with Gasteiger partial charge in [0.25, 0.3) is 0 Å². The summed E-state index contributed by atoms with van der Waals surface area (Å²) >= 11 is 0. The van der Waals surface area contributed by atoms with Gasteiger partial charge in [-0.3, -0.25) is 0 Å². The Morgan fingerprint density at radius 2 is 2.08 bits per heavy atom. The highest BCUT2D eigenvalue weighted by molar-refractivity contribution is 5.91. The summed E-state index contributed by atoms with van der Waals surface area (Å²) in [5.74, 6) is 0.717. The van der Waals surface area contributed by atoms with Crippen molar-refractivity contribution in [2.45, 2.75) is 63.6 Å². The minimum atomic E-state index is -0.133. The van der Waals surface area contributed by atoms with Crippen LogP contribution in [-0.2, 0) is 6.42 Å². The zero-order valence-electron chi connectivity index (χ0n) is 14.9. The van der Waals surface area contributed by atoms with Crippen molar-refractivity contribution in [3.05, 3.63) is 24.1 Å². The monoisotopic (exact) mass is 342 g/mol. The lowest BCUT2D eigenvalue weighted by atomic mass is 9.82. The molecule has 2 unspecified atom stereocenters. The molecule has 2 aromatic rings. The topological polar surface area (TPSA) is 70.4 Å². The number of aromatic nitrogens is 1. The molecule has 2 aliphatic heterocycles. The third-order valence-electron chi connectivity index (χ3n) is 5.67. The summed E-state index contributed by atoms with van der Waals surface area (Å²) in [6.45, 7) is 2.01. The van der Waals surface area contributed by atoms with Crippen LogP contribution in [0, 0.1) is 0 Å². The van der Waals surface area contributed by atoms with Crippen molar-refractivity contribution in [2.75, 3.05) is 12.4 Å². The maximum absolute atomic E-state index is 12.4. The molecule has 2 bridgehead atoms. The van der Waals surface area contributed by atoms with Gasteiger partial charge in [0.15, 0.2) is 11.5 Å². The lowest BCUT2D eigenvalue weighted by Crippen LogP contribution is -2.55. The third-order valence-corrected chi connectivity index (χ3v) is 5.67. The van der Waals surface area contributed by atoms with E-state index in [1.807, 2.05) is 25.1 Å². The fraction of sp³-hybridized carbons (Fsp3) is 0.579. The van der Waals surface area contributed by atoms with E-state index in [0.717, 1.165) is 41.9 Å². The molecule has 6 heteroatoms. The van der Waals surface area contributed by atoms with E-state index in [1.165, 1.54) is 19.3 Å². The number of rotatable bonds is 3. The van der Waals surface area contributed by atoms with Gasteiger partial charge < -0.3 is 20.0 Å². The molecule has 1 aromatic carbocycles. The van der Waals surface area contributed by atoms with Crippen molar-refractivity contribution >= 4 is 22.8 Å². The number of nitrogens with zero attached hydrogens (tertiary/aromatic N) is 2. The van der Waals surface area contributed by atoms with Gasteiger partial charge in [0, 0.05) is 30.2 Å². The molecular weight excluding hydrogens is 316 g/mol. The van der Waals surface area contributed by atoms with Gasteiger partial charge in [0.05, 0.1) is 0 Å². The van der Waals surface area contributed by atoms with Crippen molar-refractivity contribution in [2.24, 2.45) is 0 Å². The normalized spacial score (nSPS) is 26.6. The molecule has 1 aromatic heterocycles. The van der Waals surface area contributed by atoms with E-state index in [9.17, 15) is 4.79 Å². The lowest BCUT2D eigenvalue weighted by molar-refractivity contribution is 0.0513. The second-order valence-electron chi connectivity index (χ2n) is 7.31. The largest absolute Gasteiger partial charge is 0.441 e. The van der Waals surface area contributed by atoms with Crippen molar-refractivity contribution < 1.29 is 9.21 Å². The number of carbonyl (C=O) groups is 1. The maximum atomic E-state index is 12.4. The Morgan fingerprint density at radius 1 is 1.32 bits per heavy atom. The first kappa shape index (κ1) is 16.4. The van der Waals surface area contributed by atoms with Gasteiger partial charge in [-0.1, -0.05) is 13.3 Å². The van der Waals surface area contributed by atoms with Crippen LogP contribution in [0.5, 0.6) is 0 Å². The van der Waals surface area contributed by atoms with Crippen molar-refractivity contribution in [3.8, 4) is 0 Å². The average molecular weight is 342 g/mol. The van der Waals surface area contributed by atoms with E-state index in [4.69, 9.17) is 4.42 Å². The second-order valence-corrected chi connectivity index (χ2v) is 7.31. The Bertz CT molecular complexity index is 758. The number of hydrogen-bond donors (Lipinski definition) is 2. The standard InChI is InChI=1S/C19H26N4O2/c1-3-18-22-16-11-12(7-8-17(16)25-18)20-19(24)21-13-9-14-5-4-6-15(10-13)23(14)2/h7-8,11,13-15H,3-6,9-10H2,1-2H3,(H2,20,21,24). The molecule has 2 fully saturated rings. The highest BCUT2D eigenvalue weighted by atomic mass is 16.3. The van der Waals surface area contributed by atoms with Gasteiger partial charge >= 0.3 is 6.03 Å². The quantitative estimate of drug-likeness (QED) is 0.895. The number of anilines is 1. The fourth-order valence-electron chi connectivity index (χ4n) is 4.29. The third kappa shape index (κ3) is 3.35. The Hall–Kier alpha value is -2.08. The van der Waals surface area contributed by atoms with Crippen LogP contribution in [0.3, 0.4) is 0 Å². The number of oxazole rings is 1. The summed E-state index contributed by atoms with van der Waals surface area (Å²) in [7, 11) is 2.22. The van der Waals surface area contributed by atoms with Gasteiger partial charge in [-0.25, -0.2) is 9.78 Å². The number of aryl methyl sites for hydroxylation is 1. The van der Waals surface area contributed by atoms with Crippen molar-refractivity contribution in [1.29, 1.82) is 0 Å². The van der Waals surface area contributed by atoms with Crippen LogP contribution in [0.1, 0.15) is 44.9 Å². The molecule has 2 N–H and O–H groups in total. The molecule has 25 heavy (non-hydrogen) atoms. The van der Waals surface area contributed by atoms with Crippen LogP contribution in [0.15, 0.2) is 22.6 Å². The number of benzene rings is 1. The molecule has 134 valence electrons. The molecule has 4 rings (SSSR count). The first-order valence-electron chi connectivity index (χ1n) is 9.31. The van der Waals surface area contributed by atoms with E-state index >= 15 is 0 Å². The number of nitrogens with one attached hydrogen (secondary N) is 2. The van der Waals surface area contributed by atoms with Gasteiger partial charge in [-0.15, -0.1) is 0 Å².